The second-order valence-electron chi connectivity index (χ2n) is 4.35. The Kier molecular flexibility index (Phi) is 1.98. The van der Waals surface area contributed by atoms with Crippen molar-refractivity contribution in [2.45, 2.75) is 51.3 Å². The normalized spacial score (nSPS) is 42.8. The summed E-state index contributed by atoms with van der Waals surface area (Å²) in [5.74, 6) is -0.558. The first-order valence-corrected chi connectivity index (χ1v) is 4.69. The van der Waals surface area contributed by atoms with Gasteiger partial charge in [0.05, 0.1) is 6.10 Å². The Labute approximate surface area is 78.3 Å². The van der Waals surface area contributed by atoms with Crippen molar-refractivity contribution in [1.82, 2.24) is 0 Å². The molecule has 2 rings (SSSR count). The molecule has 0 aromatic rings. The van der Waals surface area contributed by atoms with Crippen LogP contribution >= 0.6 is 0 Å². The molecule has 1 N–H and O–H groups in total. The van der Waals surface area contributed by atoms with E-state index in [1.807, 2.05) is 26.8 Å². The Balaban J connectivity index is 2.21. The molecule has 1 aliphatic carbocycles. The fraction of sp³-hybridized carbons (Fsp3) is 0.800. The van der Waals surface area contributed by atoms with E-state index in [0.29, 0.717) is 6.42 Å². The molecule has 3 atom stereocenters. The Morgan fingerprint density at radius 3 is 2.85 bits per heavy atom. The van der Waals surface area contributed by atoms with Crippen molar-refractivity contribution in [3.05, 3.63) is 11.6 Å². The summed E-state index contributed by atoms with van der Waals surface area (Å²) >= 11 is 0. The Morgan fingerprint density at radius 2 is 2.15 bits per heavy atom. The Hall–Kier alpha value is -0.380. The molecule has 3 heteroatoms. The fourth-order valence-electron chi connectivity index (χ4n) is 2.04. The van der Waals surface area contributed by atoms with Crippen LogP contribution in [0.5, 0.6) is 0 Å². The predicted molar refractivity (Wildman–Crippen MR) is 48.2 cm³/mol. The number of ether oxygens (including phenoxy) is 2. The first-order valence-electron chi connectivity index (χ1n) is 4.69. The number of rotatable bonds is 0. The highest BCUT2D eigenvalue weighted by atomic mass is 16.8. The van der Waals surface area contributed by atoms with Crippen LogP contribution in [0.15, 0.2) is 11.6 Å². The van der Waals surface area contributed by atoms with Crippen molar-refractivity contribution in [2.24, 2.45) is 0 Å². The zero-order chi connectivity index (χ0) is 9.64. The van der Waals surface area contributed by atoms with Crippen LogP contribution in [-0.4, -0.2) is 29.2 Å². The highest BCUT2D eigenvalue weighted by Crippen LogP contribution is 2.35. The summed E-state index contributed by atoms with van der Waals surface area (Å²) in [5, 5.41) is 9.74. The molecule has 0 radical (unpaired) electrons. The minimum atomic E-state index is -0.558. The van der Waals surface area contributed by atoms with E-state index in [9.17, 15) is 5.11 Å². The molecule has 0 amide bonds. The summed E-state index contributed by atoms with van der Waals surface area (Å²) < 4.78 is 11.2. The molecule has 1 heterocycles. The van der Waals surface area contributed by atoms with Gasteiger partial charge in [-0.2, -0.15) is 0 Å². The van der Waals surface area contributed by atoms with Gasteiger partial charge in [-0.25, -0.2) is 0 Å². The van der Waals surface area contributed by atoms with E-state index < -0.39 is 11.9 Å². The van der Waals surface area contributed by atoms with Gasteiger partial charge in [0.15, 0.2) is 5.79 Å². The second kappa shape index (κ2) is 2.80. The third-order valence-corrected chi connectivity index (χ3v) is 2.52. The molecule has 13 heavy (non-hydrogen) atoms. The van der Waals surface area contributed by atoms with Gasteiger partial charge in [-0.15, -0.1) is 0 Å². The molecule has 2 aliphatic rings. The molecule has 0 aromatic carbocycles. The average molecular weight is 184 g/mol. The number of hydrogen-bond acceptors (Lipinski definition) is 3. The maximum atomic E-state index is 9.74. The topological polar surface area (TPSA) is 38.7 Å². The fourth-order valence-corrected chi connectivity index (χ4v) is 2.04. The molecule has 0 unspecified atom stereocenters. The van der Waals surface area contributed by atoms with Crippen LogP contribution in [-0.2, 0) is 9.47 Å². The number of hydrogen-bond donors (Lipinski definition) is 1. The minimum absolute atomic E-state index is 0.0706. The summed E-state index contributed by atoms with van der Waals surface area (Å²) in [4.78, 5) is 0. The maximum Gasteiger partial charge on any atom is 0.164 e. The van der Waals surface area contributed by atoms with E-state index in [2.05, 4.69) is 0 Å². The molecule has 74 valence electrons. The van der Waals surface area contributed by atoms with Crippen molar-refractivity contribution in [1.29, 1.82) is 0 Å². The Bertz CT molecular complexity index is 245. The molecular formula is C10H16O3. The molecule has 0 aromatic heterocycles. The molecule has 1 fully saturated rings. The monoisotopic (exact) mass is 184 g/mol. The standard InChI is InChI=1S/C10H16O3/c1-6-4-7(11)9-8(5-6)12-10(2,3)13-9/h5,7-9,11H,4H2,1-3H3/t7-,8-,9+/m0/s1. The lowest BCUT2D eigenvalue weighted by Crippen LogP contribution is -2.37. The summed E-state index contributed by atoms with van der Waals surface area (Å²) in [5.41, 5.74) is 1.18. The molecule has 0 bridgehead atoms. The molecule has 1 aliphatic heterocycles. The second-order valence-corrected chi connectivity index (χ2v) is 4.35. The lowest BCUT2D eigenvalue weighted by molar-refractivity contribution is -0.152. The van der Waals surface area contributed by atoms with Gasteiger partial charge in [0, 0.05) is 0 Å². The SMILES string of the molecule is CC1=C[C@@H]2OC(C)(C)O[C@@H]2[C@@H](O)C1. The largest absolute Gasteiger partial charge is 0.390 e. The molecular weight excluding hydrogens is 168 g/mol. The number of fused-ring (bicyclic) bond motifs is 1. The molecule has 3 nitrogen and oxygen atoms in total. The summed E-state index contributed by atoms with van der Waals surface area (Å²) in [6, 6.07) is 0. The third kappa shape index (κ3) is 1.64. The van der Waals surface area contributed by atoms with E-state index in [4.69, 9.17) is 9.47 Å². The van der Waals surface area contributed by atoms with E-state index >= 15 is 0 Å². The smallest absolute Gasteiger partial charge is 0.164 e. The van der Waals surface area contributed by atoms with Gasteiger partial charge in [0.25, 0.3) is 0 Å². The summed E-state index contributed by atoms with van der Waals surface area (Å²) in [6.07, 6.45) is 2.07. The van der Waals surface area contributed by atoms with E-state index in [0.717, 1.165) is 0 Å². The molecule has 0 spiro atoms. The van der Waals surface area contributed by atoms with Gasteiger partial charge in [0.2, 0.25) is 0 Å². The lowest BCUT2D eigenvalue weighted by Gasteiger charge is -2.25. The molecule has 0 saturated carbocycles. The van der Waals surface area contributed by atoms with Crippen LogP contribution in [0.3, 0.4) is 0 Å². The minimum Gasteiger partial charge on any atom is -0.390 e. The highest BCUT2D eigenvalue weighted by Gasteiger charge is 2.45. The van der Waals surface area contributed by atoms with Gasteiger partial charge in [-0.1, -0.05) is 11.6 Å². The average Bonchev–Trinajstić information content (AvgIpc) is 2.23. The third-order valence-electron chi connectivity index (χ3n) is 2.52. The van der Waals surface area contributed by atoms with Crippen LogP contribution in [0.25, 0.3) is 0 Å². The first kappa shape index (κ1) is 9.19. The van der Waals surface area contributed by atoms with Crippen LogP contribution < -0.4 is 0 Å². The van der Waals surface area contributed by atoms with Gasteiger partial charge >= 0.3 is 0 Å². The van der Waals surface area contributed by atoms with E-state index in [-0.39, 0.29) is 12.2 Å². The van der Waals surface area contributed by atoms with E-state index in [1.165, 1.54) is 5.57 Å². The van der Waals surface area contributed by atoms with Gasteiger partial charge in [-0.05, 0) is 27.2 Å². The van der Waals surface area contributed by atoms with Gasteiger partial charge in [0.1, 0.15) is 12.2 Å². The zero-order valence-electron chi connectivity index (χ0n) is 8.28. The predicted octanol–water partition coefficient (Wildman–Crippen LogP) is 1.22. The zero-order valence-corrected chi connectivity index (χ0v) is 8.28. The summed E-state index contributed by atoms with van der Waals surface area (Å²) in [7, 11) is 0. The van der Waals surface area contributed by atoms with Crippen molar-refractivity contribution in [3.8, 4) is 0 Å². The summed E-state index contributed by atoms with van der Waals surface area (Å²) in [6.45, 7) is 5.76. The van der Waals surface area contributed by atoms with Crippen LogP contribution in [0.1, 0.15) is 27.2 Å². The van der Waals surface area contributed by atoms with E-state index in [1.54, 1.807) is 0 Å². The number of aliphatic hydroxyl groups excluding tert-OH is 1. The van der Waals surface area contributed by atoms with Crippen molar-refractivity contribution in [2.75, 3.05) is 0 Å². The number of aliphatic hydroxyl groups is 1. The molecule has 1 saturated heterocycles. The van der Waals surface area contributed by atoms with Gasteiger partial charge < -0.3 is 14.6 Å². The lowest BCUT2D eigenvalue weighted by atomic mass is 9.93. The van der Waals surface area contributed by atoms with Crippen LogP contribution in [0, 0.1) is 0 Å². The quantitative estimate of drug-likeness (QED) is 0.575. The Morgan fingerprint density at radius 1 is 1.46 bits per heavy atom. The first-order chi connectivity index (χ1) is 5.98. The van der Waals surface area contributed by atoms with Crippen molar-refractivity contribution < 1.29 is 14.6 Å². The van der Waals surface area contributed by atoms with Crippen LogP contribution in [0.4, 0.5) is 0 Å². The van der Waals surface area contributed by atoms with Crippen molar-refractivity contribution in [3.63, 3.8) is 0 Å². The van der Waals surface area contributed by atoms with Crippen LogP contribution in [0.2, 0.25) is 0 Å². The maximum absolute atomic E-state index is 9.74. The van der Waals surface area contributed by atoms with Crippen molar-refractivity contribution >= 4 is 0 Å². The highest BCUT2D eigenvalue weighted by molar-refractivity contribution is 5.14. The van der Waals surface area contributed by atoms with Gasteiger partial charge in [-0.3, -0.25) is 0 Å².